The summed E-state index contributed by atoms with van der Waals surface area (Å²) in [7, 11) is 5.75. The molecule has 3 N–H and O–H groups in total. The number of urea groups is 1. The van der Waals surface area contributed by atoms with E-state index in [-0.39, 0.29) is 29.6 Å². The van der Waals surface area contributed by atoms with Crippen molar-refractivity contribution in [3.8, 4) is 5.75 Å². The number of aromatic nitrogens is 3. The van der Waals surface area contributed by atoms with Gasteiger partial charge in [-0.2, -0.15) is 0 Å². The van der Waals surface area contributed by atoms with Gasteiger partial charge in [0.05, 0.1) is 18.1 Å². The number of carbonyl (C=O) groups is 2. The van der Waals surface area contributed by atoms with E-state index in [4.69, 9.17) is 4.74 Å². The van der Waals surface area contributed by atoms with Gasteiger partial charge in [0.2, 0.25) is 5.91 Å². The number of nitrogens with zero attached hydrogens (tertiary/aromatic N) is 4. The first kappa shape index (κ1) is 31.6. The molecule has 250 valence electrons. The fourth-order valence-corrected chi connectivity index (χ4v) is 7.61. The Kier molecular flexibility index (Phi) is 8.70. The maximum atomic E-state index is 14.7. The van der Waals surface area contributed by atoms with Crippen LogP contribution in [0.1, 0.15) is 30.0 Å². The van der Waals surface area contributed by atoms with Gasteiger partial charge in [0.1, 0.15) is 11.8 Å². The number of para-hydroxylation sites is 3. The average molecular weight is 650 g/mol. The number of benzene rings is 3. The Balaban J connectivity index is 1.14. The summed E-state index contributed by atoms with van der Waals surface area (Å²) in [5, 5.41) is 4.19. The lowest BCUT2D eigenvalue weighted by Gasteiger charge is -2.38. The lowest BCUT2D eigenvalue weighted by atomic mass is 9.91. The van der Waals surface area contributed by atoms with E-state index in [1.807, 2.05) is 96.5 Å². The molecule has 3 aromatic carbocycles. The topological polar surface area (TPSA) is 119 Å². The number of hydrogen-bond donors (Lipinski definition) is 3. The molecule has 1 saturated heterocycles. The Morgan fingerprint density at radius 3 is 2.54 bits per heavy atom. The normalized spacial score (nSPS) is 17.5. The van der Waals surface area contributed by atoms with E-state index < -0.39 is 6.04 Å². The summed E-state index contributed by atoms with van der Waals surface area (Å²) in [5.41, 5.74) is 5.44. The third-order valence-electron chi connectivity index (χ3n) is 9.85. The third kappa shape index (κ3) is 6.17. The number of hydrogen-bond acceptors (Lipinski definition) is 5. The van der Waals surface area contributed by atoms with Crippen molar-refractivity contribution in [2.24, 2.45) is 5.92 Å². The van der Waals surface area contributed by atoms with Crippen molar-refractivity contribution >= 4 is 39.6 Å². The number of ether oxygens (including phenoxy) is 1. The summed E-state index contributed by atoms with van der Waals surface area (Å²) >= 11 is 0. The Labute approximate surface area is 279 Å². The molecule has 2 aliphatic heterocycles. The molecule has 11 nitrogen and oxygen atoms in total. The molecule has 1 fully saturated rings. The van der Waals surface area contributed by atoms with Gasteiger partial charge in [-0.05, 0) is 86.8 Å². The van der Waals surface area contributed by atoms with Gasteiger partial charge < -0.3 is 34.7 Å². The van der Waals surface area contributed by atoms with Crippen LogP contribution >= 0.6 is 0 Å². The Bertz CT molecular complexity index is 2000. The second-order valence-corrected chi connectivity index (χ2v) is 13.4. The van der Waals surface area contributed by atoms with E-state index in [0.717, 1.165) is 57.5 Å². The summed E-state index contributed by atoms with van der Waals surface area (Å²) in [6.45, 7) is 2.34. The third-order valence-corrected chi connectivity index (χ3v) is 9.85. The number of anilines is 1. The molecule has 0 aliphatic carbocycles. The quantitative estimate of drug-likeness (QED) is 0.228. The number of H-pyrrole nitrogens is 2. The summed E-state index contributed by atoms with van der Waals surface area (Å²) in [4.78, 5) is 53.5. The van der Waals surface area contributed by atoms with E-state index in [0.29, 0.717) is 38.9 Å². The standard InChI is InChI=1S/C37H43N7O4/c1-41(2)22-24-18-25-19-28(48-3)12-13-33(25)43(23-24)35(45)32(20-26-21-38-30-9-5-4-8-29(26)30)40-36(46)42-16-14-27(15-17-42)44-34-11-7-6-10-31(34)39-37(44)47/h4-13,19,21,24,27,32,38H,14-18,20,22-23H2,1-3H3,(H,39,47)(H,40,46). The fourth-order valence-electron chi connectivity index (χ4n) is 7.61. The van der Waals surface area contributed by atoms with E-state index in [2.05, 4.69) is 20.2 Å². The molecule has 4 heterocycles. The maximum Gasteiger partial charge on any atom is 0.326 e. The number of rotatable bonds is 8. The van der Waals surface area contributed by atoms with Gasteiger partial charge in [0, 0.05) is 61.4 Å². The highest BCUT2D eigenvalue weighted by Crippen LogP contribution is 2.34. The van der Waals surface area contributed by atoms with Crippen LogP contribution in [0.25, 0.3) is 21.9 Å². The van der Waals surface area contributed by atoms with Crippen molar-refractivity contribution < 1.29 is 14.3 Å². The highest BCUT2D eigenvalue weighted by molar-refractivity contribution is 6.00. The van der Waals surface area contributed by atoms with Crippen LogP contribution < -0.4 is 20.6 Å². The summed E-state index contributed by atoms with van der Waals surface area (Å²) in [5.74, 6) is 0.845. The second kappa shape index (κ2) is 13.2. The van der Waals surface area contributed by atoms with Gasteiger partial charge >= 0.3 is 11.7 Å². The van der Waals surface area contributed by atoms with Crippen molar-refractivity contribution in [1.29, 1.82) is 0 Å². The van der Waals surface area contributed by atoms with Gasteiger partial charge in [-0.3, -0.25) is 9.36 Å². The smallest absolute Gasteiger partial charge is 0.326 e. The molecule has 0 saturated carbocycles. The molecule has 3 amide bonds. The van der Waals surface area contributed by atoms with Crippen LogP contribution in [-0.4, -0.2) is 89.7 Å². The first-order chi connectivity index (χ1) is 23.3. The number of likely N-dealkylation sites (tertiary alicyclic amines) is 1. The molecule has 48 heavy (non-hydrogen) atoms. The van der Waals surface area contributed by atoms with Crippen LogP contribution in [0, 0.1) is 5.92 Å². The minimum atomic E-state index is -0.793. The predicted molar refractivity (Wildman–Crippen MR) is 188 cm³/mol. The minimum absolute atomic E-state index is 0.0168. The van der Waals surface area contributed by atoms with Crippen LogP contribution in [0.2, 0.25) is 0 Å². The predicted octanol–water partition coefficient (Wildman–Crippen LogP) is 4.54. The monoisotopic (exact) mass is 649 g/mol. The lowest BCUT2D eigenvalue weighted by Crippen LogP contribution is -2.56. The summed E-state index contributed by atoms with van der Waals surface area (Å²) in [6.07, 6.45) is 4.40. The highest BCUT2D eigenvalue weighted by Gasteiger charge is 2.35. The van der Waals surface area contributed by atoms with Crippen molar-refractivity contribution in [1.82, 2.24) is 29.7 Å². The van der Waals surface area contributed by atoms with Crippen molar-refractivity contribution in [3.05, 3.63) is 94.5 Å². The number of carbonyl (C=O) groups excluding carboxylic acids is 2. The molecule has 0 radical (unpaired) electrons. The number of nitrogens with one attached hydrogen (secondary N) is 3. The molecule has 0 bridgehead atoms. The average Bonchev–Trinajstić information content (AvgIpc) is 3.66. The summed E-state index contributed by atoms with van der Waals surface area (Å²) < 4.78 is 7.35. The van der Waals surface area contributed by atoms with E-state index in [1.165, 1.54) is 0 Å². The second-order valence-electron chi connectivity index (χ2n) is 13.4. The Morgan fingerprint density at radius 1 is 1.02 bits per heavy atom. The van der Waals surface area contributed by atoms with Gasteiger partial charge in [-0.25, -0.2) is 9.59 Å². The van der Waals surface area contributed by atoms with Crippen molar-refractivity contribution in [2.45, 2.75) is 37.8 Å². The van der Waals surface area contributed by atoms with Crippen LogP contribution in [0.4, 0.5) is 10.5 Å². The molecule has 7 rings (SSSR count). The molecular weight excluding hydrogens is 606 g/mol. The molecule has 2 unspecified atom stereocenters. The number of methoxy groups -OCH3 is 1. The number of amides is 3. The summed E-state index contributed by atoms with van der Waals surface area (Å²) in [6, 6.07) is 20.5. The van der Waals surface area contributed by atoms with Crippen molar-refractivity contribution in [2.75, 3.05) is 52.3 Å². The molecule has 11 heteroatoms. The largest absolute Gasteiger partial charge is 0.497 e. The highest BCUT2D eigenvalue weighted by atomic mass is 16.5. The molecule has 2 aromatic heterocycles. The molecular formula is C37H43N7O4. The van der Waals surface area contributed by atoms with E-state index in [9.17, 15) is 14.4 Å². The molecule has 0 spiro atoms. The van der Waals surface area contributed by atoms with Crippen molar-refractivity contribution in [3.63, 3.8) is 0 Å². The lowest BCUT2D eigenvalue weighted by molar-refractivity contribution is -0.120. The SMILES string of the molecule is COc1ccc2c(c1)CC(CN(C)C)CN2C(=O)C(Cc1c[nH]c2ccccc12)NC(=O)N1CCC(n2c(=O)[nH]c3ccccc32)CC1. The number of fused-ring (bicyclic) bond motifs is 3. The van der Waals surface area contributed by atoms with Gasteiger partial charge in [0.15, 0.2) is 0 Å². The first-order valence-corrected chi connectivity index (χ1v) is 16.7. The zero-order valence-corrected chi connectivity index (χ0v) is 27.7. The van der Waals surface area contributed by atoms with Crippen LogP contribution in [0.15, 0.2) is 77.7 Å². The zero-order chi connectivity index (χ0) is 33.4. The Hall–Kier alpha value is -5.03. The number of imidazole rings is 1. The number of aromatic amines is 2. The zero-order valence-electron chi connectivity index (χ0n) is 27.7. The van der Waals surface area contributed by atoms with E-state index in [1.54, 1.807) is 12.0 Å². The van der Waals surface area contributed by atoms with E-state index >= 15 is 0 Å². The number of piperidine rings is 1. The van der Waals surface area contributed by atoms with Crippen LogP contribution in [-0.2, 0) is 17.6 Å². The molecule has 2 aliphatic rings. The minimum Gasteiger partial charge on any atom is -0.497 e. The van der Waals surface area contributed by atoms with Gasteiger partial charge in [-0.1, -0.05) is 30.3 Å². The van der Waals surface area contributed by atoms with Gasteiger partial charge in [0.25, 0.3) is 0 Å². The fraction of sp³-hybridized carbons (Fsp3) is 0.378. The first-order valence-electron chi connectivity index (χ1n) is 16.7. The molecule has 2 atom stereocenters. The Morgan fingerprint density at radius 2 is 1.77 bits per heavy atom. The molecule has 5 aromatic rings. The van der Waals surface area contributed by atoms with Gasteiger partial charge in [-0.15, -0.1) is 0 Å². The van der Waals surface area contributed by atoms with Crippen LogP contribution in [0.5, 0.6) is 5.75 Å². The maximum absolute atomic E-state index is 14.7. The van der Waals surface area contributed by atoms with Crippen LogP contribution in [0.3, 0.4) is 0 Å².